The minimum atomic E-state index is -3.82. The maximum Gasteiger partial charge on any atom is 0.258 e. The van der Waals surface area contributed by atoms with Crippen LogP contribution in [0.1, 0.15) is 17.4 Å². The Morgan fingerprint density at radius 3 is 2.33 bits per heavy atom. The van der Waals surface area contributed by atoms with E-state index in [1.807, 2.05) is 66.2 Å². The summed E-state index contributed by atoms with van der Waals surface area (Å²) in [5.74, 6) is 0.613. The van der Waals surface area contributed by atoms with E-state index < -0.39 is 16.1 Å². The molecule has 7 heteroatoms. The first kappa shape index (κ1) is 17.4. The number of benzene rings is 2. The van der Waals surface area contributed by atoms with Gasteiger partial charge >= 0.3 is 0 Å². The molecule has 2 heterocycles. The SMILES string of the molecule is Cn1c([C@@H](NS(=O)(=O)c2ccccn2)c2ccccc2)nc2ccccc21. The van der Waals surface area contributed by atoms with Crippen LogP contribution >= 0.6 is 0 Å². The number of hydrogen-bond donors (Lipinski definition) is 1. The fourth-order valence-corrected chi connectivity index (χ4v) is 4.19. The lowest BCUT2D eigenvalue weighted by atomic mass is 10.1. The highest BCUT2D eigenvalue weighted by atomic mass is 32.2. The van der Waals surface area contributed by atoms with E-state index in [4.69, 9.17) is 0 Å². The predicted molar refractivity (Wildman–Crippen MR) is 104 cm³/mol. The van der Waals surface area contributed by atoms with Gasteiger partial charge in [0.2, 0.25) is 0 Å². The van der Waals surface area contributed by atoms with Gasteiger partial charge in [0, 0.05) is 13.2 Å². The number of nitrogens with zero attached hydrogens (tertiary/aromatic N) is 3. The minimum Gasteiger partial charge on any atom is -0.329 e. The maximum absolute atomic E-state index is 12.9. The molecule has 4 aromatic rings. The summed E-state index contributed by atoms with van der Waals surface area (Å²) in [7, 11) is -1.94. The van der Waals surface area contributed by atoms with Crippen molar-refractivity contribution >= 4 is 21.1 Å². The third kappa shape index (κ3) is 3.34. The Labute approximate surface area is 157 Å². The summed E-state index contributed by atoms with van der Waals surface area (Å²) in [5, 5.41) is -0.0234. The van der Waals surface area contributed by atoms with Crippen LogP contribution in [0.15, 0.2) is 84.0 Å². The van der Waals surface area contributed by atoms with Crippen LogP contribution in [0.25, 0.3) is 11.0 Å². The molecule has 1 atom stereocenters. The fourth-order valence-electron chi connectivity index (χ4n) is 3.06. The van der Waals surface area contributed by atoms with Crippen molar-refractivity contribution in [2.24, 2.45) is 7.05 Å². The standard InChI is InChI=1S/C20H18N4O2S/c1-24-17-12-6-5-11-16(17)22-20(24)19(15-9-3-2-4-10-15)23-27(25,26)18-13-7-8-14-21-18/h2-14,19,23H,1H3/t19-/m0/s1. The molecule has 1 N–H and O–H groups in total. The van der Waals surface area contributed by atoms with Crippen molar-refractivity contribution in [1.82, 2.24) is 19.3 Å². The second-order valence-electron chi connectivity index (χ2n) is 6.15. The Morgan fingerprint density at radius 2 is 1.63 bits per heavy atom. The van der Waals surface area contributed by atoms with Gasteiger partial charge in [-0.05, 0) is 29.8 Å². The van der Waals surface area contributed by atoms with Gasteiger partial charge in [0.15, 0.2) is 5.03 Å². The first-order valence-corrected chi connectivity index (χ1v) is 9.94. The topological polar surface area (TPSA) is 76.9 Å². The molecule has 0 aliphatic carbocycles. The van der Waals surface area contributed by atoms with E-state index in [1.54, 1.807) is 12.1 Å². The summed E-state index contributed by atoms with van der Waals surface area (Å²) < 4.78 is 30.5. The zero-order valence-corrected chi connectivity index (χ0v) is 15.5. The predicted octanol–water partition coefficient (Wildman–Crippen LogP) is 3.04. The van der Waals surface area contributed by atoms with Crippen LogP contribution in [0, 0.1) is 0 Å². The van der Waals surface area contributed by atoms with Crippen molar-refractivity contribution in [1.29, 1.82) is 0 Å². The summed E-state index contributed by atoms with van der Waals surface area (Å²) in [5.41, 5.74) is 2.55. The molecule has 0 unspecified atom stereocenters. The van der Waals surface area contributed by atoms with Crippen molar-refractivity contribution in [3.63, 3.8) is 0 Å². The molecule has 6 nitrogen and oxygen atoms in total. The highest BCUT2D eigenvalue weighted by molar-refractivity contribution is 7.89. The summed E-state index contributed by atoms with van der Waals surface area (Å²) in [6, 6.07) is 21.3. The number of sulfonamides is 1. The minimum absolute atomic E-state index is 0.0234. The molecular weight excluding hydrogens is 360 g/mol. The molecule has 0 saturated heterocycles. The fraction of sp³-hybridized carbons (Fsp3) is 0.100. The van der Waals surface area contributed by atoms with Crippen molar-refractivity contribution < 1.29 is 8.42 Å². The molecule has 136 valence electrons. The van der Waals surface area contributed by atoms with Gasteiger partial charge in [0.1, 0.15) is 11.9 Å². The number of hydrogen-bond acceptors (Lipinski definition) is 4. The van der Waals surface area contributed by atoms with Gasteiger partial charge < -0.3 is 4.57 Å². The molecular formula is C20H18N4O2S. The average Bonchev–Trinajstić information content (AvgIpc) is 3.04. The van der Waals surface area contributed by atoms with Crippen LogP contribution in [0.3, 0.4) is 0 Å². The van der Waals surface area contributed by atoms with Gasteiger partial charge in [-0.1, -0.05) is 48.5 Å². The molecule has 0 bridgehead atoms. The van der Waals surface area contributed by atoms with Crippen molar-refractivity contribution in [2.75, 3.05) is 0 Å². The summed E-state index contributed by atoms with van der Waals surface area (Å²) in [6.07, 6.45) is 1.46. The lowest BCUT2D eigenvalue weighted by Gasteiger charge is -2.19. The van der Waals surface area contributed by atoms with E-state index >= 15 is 0 Å². The summed E-state index contributed by atoms with van der Waals surface area (Å²) in [4.78, 5) is 8.66. The zero-order chi connectivity index (χ0) is 18.9. The van der Waals surface area contributed by atoms with Crippen LogP contribution in [-0.2, 0) is 17.1 Å². The van der Waals surface area contributed by atoms with Crippen LogP contribution in [0.2, 0.25) is 0 Å². The van der Waals surface area contributed by atoms with Crippen LogP contribution in [-0.4, -0.2) is 23.0 Å². The highest BCUT2D eigenvalue weighted by Gasteiger charge is 2.27. The third-order valence-corrected chi connectivity index (χ3v) is 5.74. The van der Waals surface area contributed by atoms with E-state index in [0.717, 1.165) is 16.6 Å². The third-order valence-electron chi connectivity index (χ3n) is 4.40. The molecule has 2 aromatic heterocycles. The maximum atomic E-state index is 12.9. The van der Waals surface area contributed by atoms with Crippen molar-refractivity contribution in [3.05, 3.63) is 90.4 Å². The number of imidazole rings is 1. The lowest BCUT2D eigenvalue weighted by molar-refractivity contribution is 0.560. The van der Waals surface area contributed by atoms with Gasteiger partial charge in [-0.3, -0.25) is 0 Å². The Morgan fingerprint density at radius 1 is 0.926 bits per heavy atom. The first-order chi connectivity index (χ1) is 13.1. The smallest absolute Gasteiger partial charge is 0.258 e. The van der Waals surface area contributed by atoms with Gasteiger partial charge in [-0.2, -0.15) is 4.72 Å². The van der Waals surface area contributed by atoms with Crippen molar-refractivity contribution in [3.8, 4) is 0 Å². The quantitative estimate of drug-likeness (QED) is 0.579. The molecule has 27 heavy (non-hydrogen) atoms. The second-order valence-corrected chi connectivity index (χ2v) is 7.81. The average molecular weight is 378 g/mol. The molecule has 0 saturated carbocycles. The van der Waals surface area contributed by atoms with Crippen molar-refractivity contribution in [2.45, 2.75) is 11.1 Å². The van der Waals surface area contributed by atoms with Crippen LogP contribution in [0.5, 0.6) is 0 Å². The molecule has 0 aliphatic rings. The van der Waals surface area contributed by atoms with E-state index in [2.05, 4.69) is 14.7 Å². The van der Waals surface area contributed by atoms with E-state index in [-0.39, 0.29) is 5.03 Å². The second kappa shape index (κ2) is 6.94. The van der Waals surface area contributed by atoms with Gasteiger partial charge in [0.05, 0.1) is 11.0 Å². The summed E-state index contributed by atoms with van der Waals surface area (Å²) >= 11 is 0. The van der Waals surface area contributed by atoms with Crippen LogP contribution < -0.4 is 4.72 Å². The number of aromatic nitrogens is 3. The normalized spacial score (nSPS) is 12.9. The Hall–Kier alpha value is -3.03. The van der Waals surface area contributed by atoms with E-state index in [0.29, 0.717) is 5.82 Å². The zero-order valence-electron chi connectivity index (χ0n) is 14.6. The number of aryl methyl sites for hydroxylation is 1. The van der Waals surface area contributed by atoms with Gasteiger partial charge in [-0.25, -0.2) is 18.4 Å². The molecule has 0 aliphatic heterocycles. The lowest BCUT2D eigenvalue weighted by Crippen LogP contribution is -2.31. The molecule has 2 aromatic carbocycles. The Bertz CT molecular complexity index is 1170. The number of para-hydroxylation sites is 2. The number of pyridine rings is 1. The van der Waals surface area contributed by atoms with E-state index in [9.17, 15) is 8.42 Å². The number of nitrogens with one attached hydrogen (secondary N) is 1. The monoisotopic (exact) mass is 378 g/mol. The molecule has 4 rings (SSSR count). The van der Waals surface area contributed by atoms with Crippen LogP contribution in [0.4, 0.5) is 0 Å². The number of fused-ring (bicyclic) bond motifs is 1. The molecule has 0 radical (unpaired) electrons. The molecule has 0 amide bonds. The van der Waals surface area contributed by atoms with Gasteiger partial charge in [-0.15, -0.1) is 0 Å². The largest absolute Gasteiger partial charge is 0.329 e. The highest BCUT2D eigenvalue weighted by Crippen LogP contribution is 2.26. The molecule has 0 spiro atoms. The Kier molecular flexibility index (Phi) is 4.47. The number of rotatable bonds is 5. The first-order valence-electron chi connectivity index (χ1n) is 8.46. The van der Waals surface area contributed by atoms with Gasteiger partial charge in [0.25, 0.3) is 10.0 Å². The Balaban J connectivity index is 1.84. The van der Waals surface area contributed by atoms with E-state index in [1.165, 1.54) is 12.3 Å². The summed E-state index contributed by atoms with van der Waals surface area (Å²) in [6.45, 7) is 0. The molecule has 0 fully saturated rings.